The Balaban J connectivity index is 1.33. The molecule has 1 aliphatic heterocycles. The van der Waals surface area contributed by atoms with Gasteiger partial charge in [-0.15, -0.1) is 11.3 Å². The Bertz CT molecular complexity index is 483. The second-order valence-electron chi connectivity index (χ2n) is 5.92. The maximum absolute atomic E-state index is 11.9. The molecule has 1 saturated heterocycles. The average Bonchev–Trinajstić information content (AvgIpc) is 3.19. The molecule has 0 unspecified atom stereocenters. The van der Waals surface area contributed by atoms with Crippen LogP contribution in [-0.4, -0.2) is 41.6 Å². The van der Waals surface area contributed by atoms with Crippen molar-refractivity contribution in [3.05, 3.63) is 15.5 Å². The van der Waals surface area contributed by atoms with Crippen LogP contribution in [0.15, 0.2) is 6.20 Å². The van der Waals surface area contributed by atoms with E-state index in [0.717, 1.165) is 36.7 Å². The van der Waals surface area contributed by atoms with Gasteiger partial charge in [0.25, 0.3) is 0 Å². The lowest BCUT2D eigenvalue weighted by atomic mass is 10.1. The summed E-state index contributed by atoms with van der Waals surface area (Å²) >= 11 is 7.15. The molecule has 0 bridgehead atoms. The molecule has 2 N–H and O–H groups in total. The summed E-state index contributed by atoms with van der Waals surface area (Å²) in [5.74, 6) is 0.948. The van der Waals surface area contributed by atoms with Gasteiger partial charge in [0.15, 0.2) is 4.47 Å². The number of nitrogens with zero attached hydrogens (tertiary/aromatic N) is 2. The van der Waals surface area contributed by atoms with Gasteiger partial charge in [0, 0.05) is 36.8 Å². The molecule has 5 nitrogen and oxygen atoms in total. The summed E-state index contributed by atoms with van der Waals surface area (Å²) in [4.78, 5) is 19.3. The van der Waals surface area contributed by atoms with Crippen LogP contribution >= 0.6 is 22.9 Å². The van der Waals surface area contributed by atoms with Gasteiger partial charge >= 0.3 is 6.03 Å². The number of urea groups is 1. The number of nitrogens with one attached hydrogen (secondary N) is 2. The number of piperidine rings is 1. The number of carbonyl (C=O) groups is 1. The highest BCUT2D eigenvalue weighted by molar-refractivity contribution is 7.15. The smallest absolute Gasteiger partial charge is 0.315 e. The third-order valence-corrected chi connectivity index (χ3v) is 5.20. The predicted molar refractivity (Wildman–Crippen MR) is 84.7 cm³/mol. The molecule has 3 rings (SSSR count). The number of halogens is 1. The molecular formula is C14H21ClN4OS. The van der Waals surface area contributed by atoms with Crippen molar-refractivity contribution in [2.75, 3.05) is 19.6 Å². The Hall–Kier alpha value is -0.850. The van der Waals surface area contributed by atoms with Gasteiger partial charge < -0.3 is 15.5 Å². The first-order chi connectivity index (χ1) is 10.2. The summed E-state index contributed by atoms with van der Waals surface area (Å²) in [6, 6.07) is 0.200. The van der Waals surface area contributed by atoms with Crippen LogP contribution in [0.2, 0.25) is 4.47 Å². The second-order valence-corrected chi connectivity index (χ2v) is 7.62. The Morgan fingerprint density at radius 2 is 2.14 bits per heavy atom. The minimum Gasteiger partial charge on any atom is -0.335 e. The van der Waals surface area contributed by atoms with E-state index in [9.17, 15) is 4.79 Å². The molecule has 0 spiro atoms. The van der Waals surface area contributed by atoms with Gasteiger partial charge in [0.1, 0.15) is 0 Å². The summed E-state index contributed by atoms with van der Waals surface area (Å²) in [6.45, 7) is 3.94. The fraction of sp³-hybridized carbons (Fsp3) is 0.714. The van der Waals surface area contributed by atoms with E-state index in [2.05, 4.69) is 20.5 Å². The van der Waals surface area contributed by atoms with Crippen molar-refractivity contribution in [2.45, 2.75) is 38.3 Å². The summed E-state index contributed by atoms with van der Waals surface area (Å²) < 4.78 is 0.509. The van der Waals surface area contributed by atoms with Crippen LogP contribution in [0.4, 0.5) is 4.79 Å². The molecule has 1 aliphatic carbocycles. The minimum absolute atomic E-state index is 0.0971. The number of rotatable bonds is 5. The maximum atomic E-state index is 11.9. The van der Waals surface area contributed by atoms with Gasteiger partial charge in [-0.2, -0.15) is 0 Å². The summed E-state index contributed by atoms with van der Waals surface area (Å²) in [5, 5.41) is 5.92. The van der Waals surface area contributed by atoms with Crippen LogP contribution in [-0.2, 0) is 6.54 Å². The number of thiazole rings is 1. The van der Waals surface area contributed by atoms with E-state index in [4.69, 9.17) is 11.6 Å². The Morgan fingerprint density at radius 3 is 2.76 bits per heavy atom. The van der Waals surface area contributed by atoms with Crippen LogP contribution in [0, 0.1) is 5.92 Å². The predicted octanol–water partition coefficient (Wildman–Crippen LogP) is 2.47. The number of carbonyl (C=O) groups excluding carboxylic acids is 1. The molecule has 2 heterocycles. The number of hydrogen-bond acceptors (Lipinski definition) is 4. The summed E-state index contributed by atoms with van der Waals surface area (Å²) in [7, 11) is 0. The van der Waals surface area contributed by atoms with Gasteiger partial charge in [-0.1, -0.05) is 11.6 Å². The normalized spacial score (nSPS) is 20.4. The van der Waals surface area contributed by atoms with Gasteiger partial charge in [-0.25, -0.2) is 9.78 Å². The Kier molecular flexibility index (Phi) is 4.98. The average molecular weight is 329 g/mol. The standard InChI is InChI=1S/C14H21ClN4OS/c15-13-16-7-12(21-13)8-17-14(20)18-11-3-5-19(6-4-11)9-10-1-2-10/h7,10-11H,1-6,8-9H2,(H2,17,18,20). The zero-order valence-electron chi connectivity index (χ0n) is 12.0. The highest BCUT2D eigenvalue weighted by Crippen LogP contribution is 2.30. The van der Waals surface area contributed by atoms with Crippen LogP contribution in [0.25, 0.3) is 0 Å². The quantitative estimate of drug-likeness (QED) is 0.873. The summed E-state index contributed by atoms with van der Waals surface area (Å²) in [6.07, 6.45) is 6.60. The van der Waals surface area contributed by atoms with Crippen molar-refractivity contribution in [3.63, 3.8) is 0 Å². The lowest BCUT2D eigenvalue weighted by Gasteiger charge is -2.32. The fourth-order valence-electron chi connectivity index (χ4n) is 2.69. The Labute approximate surface area is 134 Å². The monoisotopic (exact) mass is 328 g/mol. The lowest BCUT2D eigenvalue weighted by molar-refractivity contribution is 0.187. The van der Waals surface area contributed by atoms with E-state index in [0.29, 0.717) is 17.1 Å². The SMILES string of the molecule is O=C(NCc1cnc(Cl)s1)NC1CCN(CC2CC2)CC1. The van der Waals surface area contributed by atoms with Crippen molar-refractivity contribution in [1.29, 1.82) is 0 Å². The highest BCUT2D eigenvalue weighted by Gasteiger charge is 2.27. The van der Waals surface area contributed by atoms with Crippen LogP contribution < -0.4 is 10.6 Å². The summed E-state index contributed by atoms with van der Waals surface area (Å²) in [5.41, 5.74) is 0. The van der Waals surface area contributed by atoms with E-state index < -0.39 is 0 Å². The Morgan fingerprint density at radius 1 is 1.38 bits per heavy atom. The van der Waals surface area contributed by atoms with Crippen molar-refractivity contribution < 1.29 is 4.79 Å². The van der Waals surface area contributed by atoms with Crippen molar-refractivity contribution in [2.24, 2.45) is 5.92 Å². The zero-order valence-corrected chi connectivity index (χ0v) is 13.6. The first kappa shape index (κ1) is 15.1. The maximum Gasteiger partial charge on any atom is 0.315 e. The molecule has 0 radical (unpaired) electrons. The lowest BCUT2D eigenvalue weighted by Crippen LogP contribution is -2.48. The molecule has 116 valence electrons. The molecule has 1 saturated carbocycles. The molecule has 2 amide bonds. The van der Waals surface area contributed by atoms with E-state index in [1.54, 1.807) is 6.20 Å². The van der Waals surface area contributed by atoms with E-state index in [-0.39, 0.29) is 6.03 Å². The van der Waals surface area contributed by atoms with E-state index in [1.807, 2.05) is 0 Å². The van der Waals surface area contributed by atoms with Gasteiger partial charge in [0.2, 0.25) is 0 Å². The van der Waals surface area contributed by atoms with Gasteiger partial charge in [-0.05, 0) is 31.6 Å². The van der Waals surface area contributed by atoms with Crippen molar-refractivity contribution >= 4 is 29.0 Å². The van der Waals surface area contributed by atoms with Crippen LogP contribution in [0.3, 0.4) is 0 Å². The molecule has 2 fully saturated rings. The minimum atomic E-state index is -0.0971. The van der Waals surface area contributed by atoms with E-state index in [1.165, 1.54) is 30.7 Å². The largest absolute Gasteiger partial charge is 0.335 e. The van der Waals surface area contributed by atoms with E-state index >= 15 is 0 Å². The topological polar surface area (TPSA) is 57.3 Å². The number of amides is 2. The zero-order chi connectivity index (χ0) is 14.7. The molecule has 21 heavy (non-hydrogen) atoms. The first-order valence-corrected chi connectivity index (χ1v) is 8.75. The highest BCUT2D eigenvalue weighted by atomic mass is 35.5. The molecule has 7 heteroatoms. The molecule has 1 aromatic heterocycles. The molecular weight excluding hydrogens is 308 g/mol. The fourth-order valence-corrected chi connectivity index (χ4v) is 3.61. The third kappa shape index (κ3) is 4.83. The van der Waals surface area contributed by atoms with Gasteiger partial charge in [-0.3, -0.25) is 0 Å². The van der Waals surface area contributed by atoms with Gasteiger partial charge in [0.05, 0.1) is 6.54 Å². The van der Waals surface area contributed by atoms with Crippen molar-refractivity contribution in [3.8, 4) is 0 Å². The number of hydrogen-bond donors (Lipinski definition) is 2. The molecule has 0 aromatic carbocycles. The second kappa shape index (κ2) is 6.94. The molecule has 2 aliphatic rings. The third-order valence-electron chi connectivity index (χ3n) is 4.08. The van der Waals surface area contributed by atoms with Crippen molar-refractivity contribution in [1.82, 2.24) is 20.5 Å². The van der Waals surface area contributed by atoms with Crippen LogP contribution in [0.1, 0.15) is 30.6 Å². The molecule has 0 atom stereocenters. The van der Waals surface area contributed by atoms with Crippen LogP contribution in [0.5, 0.6) is 0 Å². The number of aromatic nitrogens is 1. The number of likely N-dealkylation sites (tertiary alicyclic amines) is 1. The molecule has 1 aromatic rings. The first-order valence-electron chi connectivity index (χ1n) is 7.56.